The molecule has 0 heterocycles. The normalized spacial score (nSPS) is 20.7. The second kappa shape index (κ2) is 7.63. The highest BCUT2D eigenvalue weighted by molar-refractivity contribution is 5.97. The molecular weight excluding hydrogens is 328 g/mol. The molecule has 1 aliphatic rings. The minimum Gasteiger partial charge on any atom is -0.352 e. The van der Waals surface area contributed by atoms with Crippen LogP contribution in [0.4, 0.5) is 17.6 Å². The summed E-state index contributed by atoms with van der Waals surface area (Å²) in [6.45, 7) is -1.46. The summed E-state index contributed by atoms with van der Waals surface area (Å²) in [5.74, 6) is -1.93. The van der Waals surface area contributed by atoms with Crippen LogP contribution in [0.5, 0.6) is 0 Å². The Bertz CT molecular complexity index is 587. The number of halogens is 4. The lowest BCUT2D eigenvalue weighted by atomic mass is 9.94. The molecule has 1 aliphatic carbocycles. The lowest BCUT2D eigenvalue weighted by molar-refractivity contribution is -0.140. The van der Waals surface area contributed by atoms with Crippen LogP contribution in [0.15, 0.2) is 24.3 Å². The van der Waals surface area contributed by atoms with Crippen molar-refractivity contribution in [3.05, 3.63) is 35.6 Å². The highest BCUT2D eigenvalue weighted by Crippen LogP contribution is 2.34. The molecule has 4 nitrogen and oxygen atoms in total. The summed E-state index contributed by atoms with van der Waals surface area (Å²) >= 11 is 0. The van der Waals surface area contributed by atoms with Crippen LogP contribution >= 0.6 is 0 Å². The molecule has 2 rings (SSSR count). The number of benzene rings is 1. The molecule has 2 atom stereocenters. The Morgan fingerprint density at radius 2 is 1.75 bits per heavy atom. The first-order valence-corrected chi connectivity index (χ1v) is 7.63. The zero-order valence-electron chi connectivity index (χ0n) is 12.8. The first-order chi connectivity index (χ1) is 11.2. The van der Waals surface area contributed by atoms with Crippen LogP contribution in [0, 0.1) is 5.82 Å². The number of rotatable bonds is 5. The monoisotopic (exact) mass is 346 g/mol. The van der Waals surface area contributed by atoms with E-state index in [-0.39, 0.29) is 17.8 Å². The quantitative estimate of drug-likeness (QED) is 0.636. The van der Waals surface area contributed by atoms with Gasteiger partial charge in [-0.3, -0.25) is 9.59 Å². The summed E-state index contributed by atoms with van der Waals surface area (Å²) in [5.41, 5.74) is 0.890. The third-order valence-corrected chi connectivity index (χ3v) is 3.97. The third-order valence-electron chi connectivity index (χ3n) is 3.97. The number of hydrogen-bond donors (Lipinski definition) is 2. The van der Waals surface area contributed by atoms with Crippen molar-refractivity contribution in [2.45, 2.75) is 43.8 Å². The molecular formula is C16H18F4N2O2. The average molecular weight is 346 g/mol. The van der Waals surface area contributed by atoms with E-state index in [0.717, 1.165) is 18.4 Å². The zero-order valence-corrected chi connectivity index (χ0v) is 12.8. The van der Waals surface area contributed by atoms with Crippen LogP contribution in [-0.2, 0) is 9.59 Å². The van der Waals surface area contributed by atoms with E-state index in [0.29, 0.717) is 6.42 Å². The molecule has 0 aromatic heterocycles. The van der Waals surface area contributed by atoms with Gasteiger partial charge < -0.3 is 10.6 Å². The Labute approximate surface area is 136 Å². The minimum atomic E-state index is -4.51. The maximum atomic E-state index is 13.0. The van der Waals surface area contributed by atoms with Crippen LogP contribution in [0.1, 0.15) is 37.2 Å². The Hall–Kier alpha value is -2.12. The molecule has 0 aliphatic heterocycles. The Kier molecular flexibility index (Phi) is 5.80. The largest absolute Gasteiger partial charge is 0.405 e. The van der Waals surface area contributed by atoms with E-state index >= 15 is 0 Å². The molecule has 132 valence electrons. The first kappa shape index (κ1) is 18.2. The molecule has 2 N–H and O–H groups in total. The summed E-state index contributed by atoms with van der Waals surface area (Å²) < 4.78 is 49.0. The van der Waals surface area contributed by atoms with Crippen LogP contribution in [-0.4, -0.2) is 30.6 Å². The van der Waals surface area contributed by atoms with E-state index < -0.39 is 31.0 Å². The maximum Gasteiger partial charge on any atom is 0.405 e. The van der Waals surface area contributed by atoms with Crippen LogP contribution in [0.2, 0.25) is 0 Å². The molecule has 1 saturated carbocycles. The van der Waals surface area contributed by atoms with Crippen molar-refractivity contribution in [1.82, 2.24) is 10.6 Å². The summed E-state index contributed by atoms with van der Waals surface area (Å²) in [5, 5.41) is 4.36. The fourth-order valence-electron chi connectivity index (χ4n) is 2.91. The summed E-state index contributed by atoms with van der Waals surface area (Å²) in [6.07, 6.45) is -2.77. The zero-order chi connectivity index (χ0) is 17.7. The SMILES string of the molecule is O=C(CC(=O)N[C@@H]1CCC[C@@H]1c1ccc(F)cc1)NCC(F)(F)F. The average Bonchev–Trinajstić information content (AvgIpc) is 2.93. The molecule has 1 fully saturated rings. The first-order valence-electron chi connectivity index (χ1n) is 7.63. The minimum absolute atomic E-state index is 0.00721. The Morgan fingerprint density at radius 3 is 2.38 bits per heavy atom. The maximum absolute atomic E-state index is 13.0. The molecule has 0 unspecified atom stereocenters. The standard InChI is InChI=1S/C16H18F4N2O2/c17-11-6-4-10(5-7-11)12-2-1-3-13(12)22-15(24)8-14(23)21-9-16(18,19)20/h4-7,12-13H,1-3,8-9H2,(H,21,23)(H,22,24)/t12-,13-/m1/s1. The van der Waals surface area contributed by atoms with E-state index in [9.17, 15) is 27.2 Å². The van der Waals surface area contributed by atoms with Gasteiger partial charge in [-0.25, -0.2) is 4.39 Å². The Morgan fingerprint density at radius 1 is 1.08 bits per heavy atom. The van der Waals surface area contributed by atoms with Crippen molar-refractivity contribution in [3.8, 4) is 0 Å². The van der Waals surface area contributed by atoms with E-state index in [1.165, 1.54) is 12.1 Å². The highest BCUT2D eigenvalue weighted by Gasteiger charge is 2.31. The fourth-order valence-corrected chi connectivity index (χ4v) is 2.91. The van der Waals surface area contributed by atoms with Gasteiger partial charge in [0.25, 0.3) is 0 Å². The highest BCUT2D eigenvalue weighted by atomic mass is 19.4. The number of alkyl halides is 3. The van der Waals surface area contributed by atoms with Gasteiger partial charge in [-0.2, -0.15) is 13.2 Å². The number of carbonyl (C=O) groups is 2. The van der Waals surface area contributed by atoms with Gasteiger partial charge in [0.1, 0.15) is 18.8 Å². The lowest BCUT2D eigenvalue weighted by Gasteiger charge is -2.21. The van der Waals surface area contributed by atoms with Gasteiger partial charge >= 0.3 is 6.18 Å². The number of amides is 2. The molecule has 1 aromatic rings. The van der Waals surface area contributed by atoms with Gasteiger partial charge in [0.15, 0.2) is 0 Å². The smallest absolute Gasteiger partial charge is 0.352 e. The summed E-state index contributed by atoms with van der Waals surface area (Å²) in [7, 11) is 0. The van der Waals surface area contributed by atoms with Crippen LogP contribution in [0.25, 0.3) is 0 Å². The second-order valence-corrected chi connectivity index (χ2v) is 5.83. The molecule has 2 amide bonds. The van der Waals surface area contributed by atoms with Crippen molar-refractivity contribution < 1.29 is 27.2 Å². The second-order valence-electron chi connectivity index (χ2n) is 5.83. The predicted molar refractivity (Wildman–Crippen MR) is 78.6 cm³/mol. The fraction of sp³-hybridized carbons (Fsp3) is 0.500. The van der Waals surface area contributed by atoms with Gasteiger partial charge in [0.05, 0.1) is 0 Å². The van der Waals surface area contributed by atoms with Crippen molar-refractivity contribution in [1.29, 1.82) is 0 Å². The van der Waals surface area contributed by atoms with E-state index in [4.69, 9.17) is 0 Å². The van der Waals surface area contributed by atoms with E-state index in [1.807, 2.05) is 0 Å². The molecule has 1 aromatic carbocycles. The number of carbonyl (C=O) groups excluding carboxylic acids is 2. The molecule has 8 heteroatoms. The summed E-state index contributed by atoms with van der Waals surface area (Å²) in [6, 6.07) is 5.79. The predicted octanol–water partition coefficient (Wildman–Crippen LogP) is 2.65. The number of nitrogens with one attached hydrogen (secondary N) is 2. The van der Waals surface area contributed by atoms with Crippen molar-refractivity contribution >= 4 is 11.8 Å². The van der Waals surface area contributed by atoms with Crippen molar-refractivity contribution in [2.75, 3.05) is 6.54 Å². The van der Waals surface area contributed by atoms with E-state index in [2.05, 4.69) is 5.32 Å². The van der Waals surface area contributed by atoms with Crippen molar-refractivity contribution in [3.63, 3.8) is 0 Å². The molecule has 0 bridgehead atoms. The Balaban J connectivity index is 1.86. The molecule has 24 heavy (non-hydrogen) atoms. The van der Waals surface area contributed by atoms with Gasteiger partial charge in [-0.15, -0.1) is 0 Å². The summed E-state index contributed by atoms with van der Waals surface area (Å²) in [4.78, 5) is 23.2. The van der Waals surface area contributed by atoms with Gasteiger partial charge in [-0.1, -0.05) is 18.6 Å². The topological polar surface area (TPSA) is 58.2 Å². The van der Waals surface area contributed by atoms with Gasteiger partial charge in [-0.05, 0) is 30.5 Å². The molecule has 0 radical (unpaired) electrons. The molecule has 0 spiro atoms. The van der Waals surface area contributed by atoms with E-state index in [1.54, 1.807) is 17.4 Å². The van der Waals surface area contributed by atoms with Crippen LogP contribution < -0.4 is 10.6 Å². The third kappa shape index (κ3) is 5.50. The van der Waals surface area contributed by atoms with Crippen LogP contribution in [0.3, 0.4) is 0 Å². The van der Waals surface area contributed by atoms with Gasteiger partial charge in [0, 0.05) is 12.0 Å². The number of hydrogen-bond acceptors (Lipinski definition) is 2. The van der Waals surface area contributed by atoms with Crippen molar-refractivity contribution in [2.24, 2.45) is 0 Å². The lowest BCUT2D eigenvalue weighted by Crippen LogP contribution is -2.41. The molecule has 0 saturated heterocycles. The van der Waals surface area contributed by atoms with Gasteiger partial charge in [0.2, 0.25) is 11.8 Å².